The number of esters is 1. The zero-order chi connectivity index (χ0) is 32.2. The molecule has 1 aliphatic heterocycles. The lowest BCUT2D eigenvalue weighted by molar-refractivity contribution is -0.385. The van der Waals surface area contributed by atoms with Crippen LogP contribution in [-0.4, -0.2) is 36.6 Å². The summed E-state index contributed by atoms with van der Waals surface area (Å²) >= 11 is 3.30. The Bertz CT molecular complexity index is 1630. The second-order valence-corrected chi connectivity index (χ2v) is 12.1. The van der Waals surface area contributed by atoms with E-state index in [1.165, 1.54) is 34.5 Å². The summed E-state index contributed by atoms with van der Waals surface area (Å²) in [5.41, 5.74) is 5.50. The number of aryl methyl sites for hydroxylation is 2. The molecule has 0 aromatic heterocycles. The molecule has 4 aromatic carbocycles. The average molecular weight is 647 g/mol. The predicted molar refractivity (Wildman–Crippen MR) is 177 cm³/mol. The molecule has 0 radical (unpaired) electrons. The van der Waals surface area contributed by atoms with Crippen LogP contribution in [0.5, 0.6) is 11.5 Å². The second kappa shape index (κ2) is 16.6. The fourth-order valence-electron chi connectivity index (χ4n) is 4.04. The number of carbonyl (C=O) groups excluding carboxylic acids is 2. The molecule has 5 rings (SSSR count). The van der Waals surface area contributed by atoms with Crippen LogP contribution in [0.2, 0.25) is 0 Å². The standard InChI is InChI=1S/C18H19NO5S.C16H15NO2S/c1-3-23-18(20)11-24-17-10-15(8-9-16(17)19(21)22)25-12-14-6-4-13(2)5-7-14;1-11-2-4-12(5-3-11)10-20-13-6-7-14-15(8-13)19-9-16(18)17-14/h4-10H,3,11-12H2,1-2H3;2-8H,9-10H2,1H3,(H,17,18). The fraction of sp³-hybridized carbons (Fsp3) is 0.235. The number of ether oxygens (including phenoxy) is 3. The van der Waals surface area contributed by atoms with Gasteiger partial charge in [0, 0.05) is 33.4 Å². The van der Waals surface area contributed by atoms with E-state index in [9.17, 15) is 19.7 Å². The second-order valence-electron chi connectivity index (χ2n) is 10.0. The van der Waals surface area contributed by atoms with Gasteiger partial charge in [0.25, 0.3) is 5.91 Å². The fourth-order valence-corrected chi connectivity index (χ4v) is 5.80. The molecule has 234 valence electrons. The lowest BCUT2D eigenvalue weighted by atomic mass is 10.2. The number of carbonyl (C=O) groups is 2. The smallest absolute Gasteiger partial charge is 0.344 e. The summed E-state index contributed by atoms with van der Waals surface area (Å²) in [6.45, 7) is 5.77. The SMILES string of the molecule is CCOC(=O)COc1cc(SCc2ccc(C)cc2)ccc1[N+](=O)[O-].Cc1ccc(CSc2ccc3c(c2)OCC(=O)N3)cc1. The van der Waals surface area contributed by atoms with Crippen molar-refractivity contribution in [2.75, 3.05) is 25.1 Å². The highest BCUT2D eigenvalue weighted by molar-refractivity contribution is 7.98. The van der Waals surface area contributed by atoms with Crippen molar-refractivity contribution in [2.45, 2.75) is 42.1 Å². The van der Waals surface area contributed by atoms with Crippen molar-refractivity contribution in [2.24, 2.45) is 0 Å². The lowest BCUT2D eigenvalue weighted by Crippen LogP contribution is -2.25. The molecule has 0 fully saturated rings. The molecule has 11 heteroatoms. The van der Waals surface area contributed by atoms with Crippen molar-refractivity contribution in [3.8, 4) is 11.5 Å². The Kier molecular flexibility index (Phi) is 12.3. The number of nitro benzene ring substituents is 1. The highest BCUT2D eigenvalue weighted by Gasteiger charge is 2.18. The van der Waals surface area contributed by atoms with Crippen LogP contribution in [0.1, 0.15) is 29.2 Å². The zero-order valence-corrected chi connectivity index (χ0v) is 26.9. The maximum atomic E-state index is 11.4. The van der Waals surface area contributed by atoms with Crippen LogP contribution < -0.4 is 14.8 Å². The minimum Gasteiger partial charge on any atom is -0.482 e. The average Bonchev–Trinajstić information content (AvgIpc) is 3.03. The number of thioether (sulfide) groups is 2. The molecule has 0 spiro atoms. The Labute approximate surface area is 270 Å². The third kappa shape index (κ3) is 10.6. The van der Waals surface area contributed by atoms with Gasteiger partial charge >= 0.3 is 11.7 Å². The number of nitro groups is 1. The van der Waals surface area contributed by atoms with Crippen LogP contribution >= 0.6 is 23.5 Å². The number of anilines is 1. The van der Waals surface area contributed by atoms with Crippen molar-refractivity contribution >= 4 is 46.8 Å². The minimum absolute atomic E-state index is 0.0620. The summed E-state index contributed by atoms with van der Waals surface area (Å²) in [7, 11) is 0. The highest BCUT2D eigenvalue weighted by atomic mass is 32.2. The Balaban J connectivity index is 0.000000209. The quantitative estimate of drug-likeness (QED) is 0.0755. The third-order valence-electron chi connectivity index (χ3n) is 6.42. The van der Waals surface area contributed by atoms with E-state index < -0.39 is 10.9 Å². The molecule has 0 bridgehead atoms. The van der Waals surface area contributed by atoms with E-state index in [4.69, 9.17) is 14.2 Å². The molecule has 4 aromatic rings. The molecule has 9 nitrogen and oxygen atoms in total. The van der Waals surface area contributed by atoms with Gasteiger partial charge in [-0.3, -0.25) is 14.9 Å². The summed E-state index contributed by atoms with van der Waals surface area (Å²) < 4.78 is 15.5. The molecule has 1 aliphatic rings. The Morgan fingerprint density at radius 3 is 2.04 bits per heavy atom. The van der Waals surface area contributed by atoms with E-state index >= 15 is 0 Å². The molecule has 0 unspecified atom stereocenters. The Morgan fingerprint density at radius 2 is 1.47 bits per heavy atom. The lowest BCUT2D eigenvalue weighted by Gasteiger charge is -2.18. The van der Waals surface area contributed by atoms with Crippen LogP contribution in [0.15, 0.2) is 94.7 Å². The van der Waals surface area contributed by atoms with E-state index in [1.54, 1.807) is 30.8 Å². The van der Waals surface area contributed by atoms with Gasteiger partial charge in [-0.2, -0.15) is 0 Å². The van der Waals surface area contributed by atoms with Gasteiger partial charge in [-0.05, 0) is 56.2 Å². The molecule has 0 atom stereocenters. The maximum absolute atomic E-state index is 11.4. The van der Waals surface area contributed by atoms with Gasteiger partial charge in [0.2, 0.25) is 0 Å². The zero-order valence-electron chi connectivity index (χ0n) is 25.2. The molecule has 45 heavy (non-hydrogen) atoms. The van der Waals surface area contributed by atoms with E-state index in [1.807, 2.05) is 49.4 Å². The highest BCUT2D eigenvalue weighted by Crippen LogP contribution is 2.34. The largest absolute Gasteiger partial charge is 0.482 e. The summed E-state index contributed by atoms with van der Waals surface area (Å²) in [4.78, 5) is 35.2. The number of hydrogen-bond donors (Lipinski definition) is 1. The normalized spacial score (nSPS) is 11.7. The van der Waals surface area contributed by atoms with Gasteiger partial charge in [-0.25, -0.2) is 4.79 Å². The Hall–Kier alpha value is -4.48. The van der Waals surface area contributed by atoms with Crippen molar-refractivity contribution in [3.63, 3.8) is 0 Å². The van der Waals surface area contributed by atoms with E-state index in [0.717, 1.165) is 38.3 Å². The van der Waals surface area contributed by atoms with Crippen LogP contribution in [0, 0.1) is 24.0 Å². The van der Waals surface area contributed by atoms with Crippen LogP contribution in [-0.2, 0) is 25.8 Å². The van der Waals surface area contributed by atoms with E-state index in [2.05, 4.69) is 36.5 Å². The summed E-state index contributed by atoms with van der Waals surface area (Å²) in [6.07, 6.45) is 0. The number of nitrogens with one attached hydrogen (secondary N) is 1. The first-order chi connectivity index (χ1) is 21.7. The van der Waals surface area contributed by atoms with Gasteiger partial charge in [0.05, 0.1) is 17.2 Å². The first-order valence-electron chi connectivity index (χ1n) is 14.2. The van der Waals surface area contributed by atoms with Crippen LogP contribution in [0.3, 0.4) is 0 Å². The number of fused-ring (bicyclic) bond motifs is 1. The molecular weight excluding hydrogens is 613 g/mol. The number of hydrogen-bond acceptors (Lipinski definition) is 9. The third-order valence-corrected chi connectivity index (χ3v) is 8.55. The molecule has 0 saturated carbocycles. The molecule has 0 aliphatic carbocycles. The van der Waals surface area contributed by atoms with E-state index in [-0.39, 0.29) is 37.2 Å². The molecule has 0 saturated heterocycles. The van der Waals surface area contributed by atoms with Crippen molar-refractivity contribution in [1.82, 2.24) is 0 Å². The molecular formula is C34H34N2O7S2. The minimum atomic E-state index is -0.561. The maximum Gasteiger partial charge on any atom is 0.344 e. The number of benzene rings is 4. The molecule has 1 heterocycles. The molecule has 1 amide bonds. The van der Waals surface area contributed by atoms with Crippen molar-refractivity contribution in [1.29, 1.82) is 0 Å². The monoisotopic (exact) mass is 646 g/mol. The number of rotatable bonds is 11. The summed E-state index contributed by atoms with van der Waals surface area (Å²) in [6, 6.07) is 27.3. The molecule has 1 N–H and O–H groups in total. The summed E-state index contributed by atoms with van der Waals surface area (Å²) in [5.74, 6) is 1.80. The van der Waals surface area contributed by atoms with Gasteiger partial charge in [-0.1, -0.05) is 59.7 Å². The van der Waals surface area contributed by atoms with Gasteiger partial charge in [0.15, 0.2) is 19.0 Å². The van der Waals surface area contributed by atoms with E-state index in [0.29, 0.717) is 0 Å². The predicted octanol–water partition coefficient (Wildman–Crippen LogP) is 7.76. The topological polar surface area (TPSA) is 117 Å². The first-order valence-corrected chi connectivity index (χ1v) is 16.2. The van der Waals surface area contributed by atoms with Crippen LogP contribution in [0.4, 0.5) is 11.4 Å². The Morgan fingerprint density at radius 1 is 0.889 bits per heavy atom. The summed E-state index contributed by atoms with van der Waals surface area (Å²) in [5, 5.41) is 13.9. The van der Waals surface area contributed by atoms with Gasteiger partial charge in [0.1, 0.15) is 5.75 Å². The number of amides is 1. The number of nitrogens with zero attached hydrogens (tertiary/aromatic N) is 1. The van der Waals surface area contributed by atoms with Gasteiger partial charge in [-0.15, -0.1) is 23.5 Å². The van der Waals surface area contributed by atoms with Crippen molar-refractivity contribution < 1.29 is 28.7 Å². The van der Waals surface area contributed by atoms with Crippen molar-refractivity contribution in [3.05, 3.63) is 117 Å². The first kappa shape index (κ1) is 33.4. The van der Waals surface area contributed by atoms with Gasteiger partial charge < -0.3 is 19.5 Å². The van der Waals surface area contributed by atoms with Crippen LogP contribution in [0.25, 0.3) is 0 Å².